The molecule has 33 heavy (non-hydrogen) atoms. The quantitative estimate of drug-likeness (QED) is 0.200. The Hall–Kier alpha value is -2.17. The molecule has 1 aliphatic rings. The van der Waals surface area contributed by atoms with Crippen molar-refractivity contribution in [2.24, 2.45) is 4.99 Å². The van der Waals surface area contributed by atoms with Gasteiger partial charge in [-0.15, -0.1) is 0 Å². The number of ether oxygens (including phenoxy) is 1. The van der Waals surface area contributed by atoms with Crippen LogP contribution in [0.3, 0.4) is 0 Å². The Morgan fingerprint density at radius 1 is 1.18 bits per heavy atom. The summed E-state index contributed by atoms with van der Waals surface area (Å²) < 4.78 is 7.30. The molecule has 0 bridgehead atoms. The molecule has 0 aromatic heterocycles. The summed E-state index contributed by atoms with van der Waals surface area (Å²) in [7, 11) is 0. The van der Waals surface area contributed by atoms with Crippen molar-refractivity contribution in [1.82, 2.24) is 4.90 Å². The van der Waals surface area contributed by atoms with Gasteiger partial charge in [-0.1, -0.05) is 12.1 Å². The minimum Gasteiger partial charge on any atom is -0.487 e. The topological polar surface area (TPSA) is 85.0 Å². The molecule has 10 heteroatoms. The zero-order chi connectivity index (χ0) is 24.3. The lowest BCUT2D eigenvalue weighted by Gasteiger charge is -2.20. The van der Waals surface area contributed by atoms with Crippen molar-refractivity contribution in [3.05, 3.63) is 71.5 Å². The number of nitro groups is 1. The van der Waals surface area contributed by atoms with E-state index in [9.17, 15) is 14.9 Å². The second-order valence-electron chi connectivity index (χ2n) is 7.91. The van der Waals surface area contributed by atoms with Gasteiger partial charge in [0, 0.05) is 24.2 Å². The van der Waals surface area contributed by atoms with E-state index in [0.717, 1.165) is 5.56 Å². The van der Waals surface area contributed by atoms with Crippen molar-refractivity contribution in [3.63, 3.8) is 0 Å². The number of benzene rings is 2. The summed E-state index contributed by atoms with van der Waals surface area (Å²) in [6.45, 7) is 8.08. The average molecular weight is 597 g/mol. The molecule has 0 spiro atoms. The predicted molar refractivity (Wildman–Crippen MR) is 139 cm³/mol. The number of amidine groups is 1. The molecule has 0 unspecified atom stereocenters. The van der Waals surface area contributed by atoms with Gasteiger partial charge in [0.25, 0.3) is 11.6 Å². The van der Waals surface area contributed by atoms with E-state index >= 15 is 0 Å². The lowest BCUT2D eigenvalue weighted by Crippen LogP contribution is -2.35. The van der Waals surface area contributed by atoms with Gasteiger partial charge in [-0.25, -0.2) is 0 Å². The van der Waals surface area contributed by atoms with Crippen LogP contribution < -0.4 is 4.74 Å². The van der Waals surface area contributed by atoms with E-state index in [1.54, 1.807) is 17.0 Å². The summed E-state index contributed by atoms with van der Waals surface area (Å²) in [6, 6.07) is 10.2. The monoisotopic (exact) mass is 595 g/mol. The van der Waals surface area contributed by atoms with Crippen LogP contribution in [-0.2, 0) is 11.4 Å². The van der Waals surface area contributed by atoms with Gasteiger partial charge in [0.05, 0.1) is 18.8 Å². The standard InChI is InChI=1S/C23H23Br2N3O4S/c1-13(2)26-23-27(14(3)4)22(29)20(33-23)11-16-9-18(24)21(19(25)10-16)32-12-15-6-5-7-17(8-15)28(30)31/h5-11,13-14H,12H2,1-4H3/b20-11+,26-23?. The number of nitrogens with zero attached hydrogens (tertiary/aromatic N) is 3. The number of carbonyl (C=O) groups excluding carboxylic acids is 1. The molecule has 0 saturated carbocycles. The number of aliphatic imine (C=N–C) groups is 1. The van der Waals surface area contributed by atoms with Crippen molar-refractivity contribution in [1.29, 1.82) is 0 Å². The van der Waals surface area contributed by atoms with E-state index in [-0.39, 0.29) is 30.3 Å². The van der Waals surface area contributed by atoms with E-state index in [1.807, 2.05) is 45.9 Å². The lowest BCUT2D eigenvalue weighted by molar-refractivity contribution is -0.384. The minimum absolute atomic E-state index is 0.0106. The van der Waals surface area contributed by atoms with Gasteiger partial charge in [-0.2, -0.15) is 0 Å². The van der Waals surface area contributed by atoms with Crippen LogP contribution in [0.15, 0.2) is 55.2 Å². The molecule has 0 atom stereocenters. The fraction of sp³-hybridized carbons (Fsp3) is 0.304. The molecule has 0 aliphatic carbocycles. The van der Waals surface area contributed by atoms with E-state index < -0.39 is 4.92 Å². The summed E-state index contributed by atoms with van der Waals surface area (Å²) in [6.07, 6.45) is 1.84. The third-order valence-corrected chi connectivity index (χ3v) is 6.72. The molecule has 2 aromatic carbocycles. The van der Waals surface area contributed by atoms with Gasteiger partial charge >= 0.3 is 0 Å². The summed E-state index contributed by atoms with van der Waals surface area (Å²) >= 11 is 8.45. The number of nitro benzene ring substituents is 1. The minimum atomic E-state index is -0.433. The Balaban J connectivity index is 1.83. The number of hydrogen-bond acceptors (Lipinski definition) is 6. The van der Waals surface area contributed by atoms with E-state index in [4.69, 9.17) is 4.74 Å². The van der Waals surface area contributed by atoms with Gasteiger partial charge in [0.1, 0.15) is 12.4 Å². The second-order valence-corrected chi connectivity index (χ2v) is 10.6. The highest BCUT2D eigenvalue weighted by molar-refractivity contribution is 9.11. The number of rotatable bonds is 7. The maximum absolute atomic E-state index is 13.0. The average Bonchev–Trinajstić information content (AvgIpc) is 3.01. The molecule has 1 saturated heterocycles. The van der Waals surface area contributed by atoms with E-state index in [2.05, 4.69) is 36.9 Å². The first-order valence-corrected chi connectivity index (χ1v) is 12.6. The Morgan fingerprint density at radius 2 is 1.85 bits per heavy atom. The fourth-order valence-corrected chi connectivity index (χ4v) is 5.80. The van der Waals surface area contributed by atoms with E-state index in [0.29, 0.717) is 30.3 Å². The number of carbonyl (C=O) groups is 1. The Labute approximate surface area is 213 Å². The lowest BCUT2D eigenvalue weighted by atomic mass is 10.2. The first-order valence-electron chi connectivity index (χ1n) is 10.2. The summed E-state index contributed by atoms with van der Waals surface area (Å²) in [5.41, 5.74) is 1.53. The maximum Gasteiger partial charge on any atom is 0.269 e. The van der Waals surface area contributed by atoms with Crippen LogP contribution in [-0.4, -0.2) is 33.0 Å². The fourth-order valence-electron chi connectivity index (χ4n) is 3.12. The van der Waals surface area contributed by atoms with Gasteiger partial charge < -0.3 is 4.74 Å². The predicted octanol–water partition coefficient (Wildman–Crippen LogP) is 6.79. The van der Waals surface area contributed by atoms with Crippen LogP contribution in [0.2, 0.25) is 0 Å². The Morgan fingerprint density at radius 3 is 2.42 bits per heavy atom. The number of hydrogen-bond donors (Lipinski definition) is 0. The molecular weight excluding hydrogens is 574 g/mol. The van der Waals surface area contributed by atoms with Crippen molar-refractivity contribution >= 4 is 66.5 Å². The summed E-state index contributed by atoms with van der Waals surface area (Å²) in [4.78, 5) is 30.4. The highest BCUT2D eigenvalue weighted by Crippen LogP contribution is 2.38. The SMILES string of the molecule is CC(C)N=C1S/C(=C/c2cc(Br)c(OCc3cccc([N+](=O)[O-])c3)c(Br)c2)C(=O)N1C(C)C. The first-order chi connectivity index (χ1) is 15.6. The molecule has 1 fully saturated rings. The molecule has 3 rings (SSSR count). The Bertz CT molecular complexity index is 1130. The van der Waals surface area contributed by atoms with Gasteiger partial charge in [-0.05, 0) is 101 Å². The first kappa shape index (κ1) is 25.5. The number of thioether (sulfide) groups is 1. The highest BCUT2D eigenvalue weighted by atomic mass is 79.9. The molecule has 1 heterocycles. The van der Waals surface area contributed by atoms with Crippen molar-refractivity contribution in [2.45, 2.75) is 46.4 Å². The molecule has 7 nitrogen and oxygen atoms in total. The zero-order valence-corrected chi connectivity index (χ0v) is 22.5. The van der Waals surface area contributed by atoms with Crippen LogP contribution in [0, 0.1) is 10.1 Å². The molecule has 174 valence electrons. The summed E-state index contributed by atoms with van der Waals surface area (Å²) in [5, 5.41) is 11.7. The van der Waals surface area contributed by atoms with Crippen LogP contribution >= 0.6 is 43.6 Å². The molecule has 2 aromatic rings. The van der Waals surface area contributed by atoms with Crippen molar-refractivity contribution in [2.75, 3.05) is 0 Å². The number of halogens is 2. The van der Waals surface area contributed by atoms with Crippen LogP contribution in [0.4, 0.5) is 5.69 Å². The summed E-state index contributed by atoms with van der Waals surface area (Å²) in [5.74, 6) is 0.507. The van der Waals surface area contributed by atoms with Crippen molar-refractivity contribution < 1.29 is 14.5 Å². The van der Waals surface area contributed by atoms with Crippen molar-refractivity contribution in [3.8, 4) is 5.75 Å². The van der Waals surface area contributed by atoms with Crippen LogP contribution in [0.5, 0.6) is 5.75 Å². The zero-order valence-electron chi connectivity index (χ0n) is 18.5. The van der Waals surface area contributed by atoms with Gasteiger partial charge in [-0.3, -0.25) is 24.8 Å². The second kappa shape index (κ2) is 10.8. The molecule has 1 aliphatic heterocycles. The van der Waals surface area contributed by atoms with Gasteiger partial charge in [0.15, 0.2) is 5.17 Å². The highest BCUT2D eigenvalue weighted by Gasteiger charge is 2.35. The third-order valence-electron chi connectivity index (χ3n) is 4.54. The number of amides is 1. The molecule has 0 N–H and O–H groups in total. The molecule has 1 amide bonds. The van der Waals surface area contributed by atoms with Crippen LogP contribution in [0.1, 0.15) is 38.8 Å². The normalized spacial score (nSPS) is 16.5. The van der Waals surface area contributed by atoms with E-state index in [1.165, 1.54) is 23.9 Å². The molecule has 0 radical (unpaired) electrons. The number of non-ortho nitro benzene ring substituents is 1. The molecular formula is C23H23Br2N3O4S. The smallest absolute Gasteiger partial charge is 0.269 e. The largest absolute Gasteiger partial charge is 0.487 e. The van der Waals surface area contributed by atoms with Crippen LogP contribution in [0.25, 0.3) is 6.08 Å². The maximum atomic E-state index is 13.0. The Kier molecular flexibility index (Phi) is 8.36. The third kappa shape index (κ3) is 6.24. The van der Waals surface area contributed by atoms with Gasteiger partial charge in [0.2, 0.25) is 0 Å².